The van der Waals surface area contributed by atoms with Crippen LogP contribution in [0, 0.1) is 6.92 Å². The summed E-state index contributed by atoms with van der Waals surface area (Å²) in [5.41, 5.74) is 4.26. The van der Waals surface area contributed by atoms with Gasteiger partial charge in [-0.05, 0) is 51.0 Å². The van der Waals surface area contributed by atoms with Gasteiger partial charge in [0.05, 0.1) is 25.3 Å². The van der Waals surface area contributed by atoms with Gasteiger partial charge in [0.1, 0.15) is 11.5 Å². The third kappa shape index (κ3) is 5.13. The minimum atomic E-state index is -0.148. The van der Waals surface area contributed by atoms with Crippen molar-refractivity contribution in [2.45, 2.75) is 39.5 Å². The van der Waals surface area contributed by atoms with Crippen molar-refractivity contribution >= 4 is 11.7 Å². The molecule has 0 N–H and O–H groups in total. The molecule has 1 aliphatic heterocycles. The summed E-state index contributed by atoms with van der Waals surface area (Å²) in [6.07, 6.45) is 3.09. The standard InChI is InChI=1S/C26H30N2O4/c1-3-30-25(29)14-17-28-16-8-11-21-23(28)12-7-13-24(21)31-18-15-22-19(2)32-26(27-22)20-9-5-4-6-10-20/h4-7,9-10,12-13H,3,8,11,14-18H2,1-2H3. The van der Waals surface area contributed by atoms with Gasteiger partial charge in [-0.15, -0.1) is 0 Å². The fraction of sp³-hybridized carbons (Fsp3) is 0.385. The Hall–Kier alpha value is -3.28. The van der Waals surface area contributed by atoms with Crippen molar-refractivity contribution in [3.05, 3.63) is 65.5 Å². The van der Waals surface area contributed by atoms with Crippen molar-refractivity contribution in [3.8, 4) is 17.2 Å². The second-order valence-corrected chi connectivity index (χ2v) is 7.89. The fourth-order valence-corrected chi connectivity index (χ4v) is 4.12. The van der Waals surface area contributed by atoms with Crippen LogP contribution in [0.25, 0.3) is 11.5 Å². The van der Waals surface area contributed by atoms with Gasteiger partial charge in [0.2, 0.25) is 5.89 Å². The van der Waals surface area contributed by atoms with Gasteiger partial charge in [0, 0.05) is 36.3 Å². The van der Waals surface area contributed by atoms with Crippen LogP contribution < -0.4 is 9.64 Å². The molecule has 0 atom stereocenters. The summed E-state index contributed by atoms with van der Waals surface area (Å²) in [4.78, 5) is 18.7. The molecule has 0 saturated carbocycles. The second kappa shape index (κ2) is 10.4. The first-order valence-electron chi connectivity index (χ1n) is 11.3. The number of esters is 1. The van der Waals surface area contributed by atoms with E-state index in [9.17, 15) is 4.79 Å². The first-order chi connectivity index (χ1) is 15.7. The van der Waals surface area contributed by atoms with E-state index in [0.29, 0.717) is 38.5 Å². The summed E-state index contributed by atoms with van der Waals surface area (Å²) in [6.45, 7) is 6.33. The zero-order valence-corrected chi connectivity index (χ0v) is 18.8. The van der Waals surface area contributed by atoms with Gasteiger partial charge in [-0.1, -0.05) is 24.3 Å². The third-order valence-electron chi connectivity index (χ3n) is 5.70. The van der Waals surface area contributed by atoms with Gasteiger partial charge in [-0.3, -0.25) is 4.79 Å². The number of fused-ring (bicyclic) bond motifs is 1. The highest BCUT2D eigenvalue weighted by molar-refractivity contribution is 5.71. The van der Waals surface area contributed by atoms with Gasteiger partial charge >= 0.3 is 5.97 Å². The highest BCUT2D eigenvalue weighted by atomic mass is 16.5. The number of rotatable bonds is 9. The first kappa shape index (κ1) is 21.9. The van der Waals surface area contributed by atoms with Crippen molar-refractivity contribution in [1.82, 2.24) is 4.98 Å². The van der Waals surface area contributed by atoms with E-state index in [0.717, 1.165) is 47.8 Å². The van der Waals surface area contributed by atoms with E-state index in [2.05, 4.69) is 16.0 Å². The van der Waals surface area contributed by atoms with E-state index in [1.54, 1.807) is 0 Å². The zero-order chi connectivity index (χ0) is 22.3. The molecule has 0 fully saturated rings. The maximum absolute atomic E-state index is 11.8. The molecule has 0 radical (unpaired) electrons. The summed E-state index contributed by atoms with van der Waals surface area (Å²) in [5, 5.41) is 0. The van der Waals surface area contributed by atoms with Crippen LogP contribution in [0.15, 0.2) is 52.9 Å². The number of ether oxygens (including phenoxy) is 2. The minimum absolute atomic E-state index is 0.148. The second-order valence-electron chi connectivity index (χ2n) is 7.89. The number of oxazole rings is 1. The maximum atomic E-state index is 11.8. The van der Waals surface area contributed by atoms with Gasteiger partial charge in [-0.25, -0.2) is 4.98 Å². The molecule has 1 aromatic heterocycles. The van der Waals surface area contributed by atoms with Crippen LogP contribution in [0.3, 0.4) is 0 Å². The molecular weight excluding hydrogens is 404 g/mol. The molecule has 2 aromatic carbocycles. The monoisotopic (exact) mass is 434 g/mol. The number of aryl methyl sites for hydroxylation is 1. The smallest absolute Gasteiger partial charge is 0.307 e. The van der Waals surface area contributed by atoms with Crippen LogP contribution in [0.5, 0.6) is 5.75 Å². The molecule has 3 aromatic rings. The van der Waals surface area contributed by atoms with Crippen LogP contribution in [-0.4, -0.2) is 37.3 Å². The normalized spacial score (nSPS) is 13.0. The Labute approximate surface area is 189 Å². The molecular formula is C26H30N2O4. The molecule has 0 spiro atoms. The summed E-state index contributed by atoms with van der Waals surface area (Å²) < 4.78 is 17.1. The molecule has 0 unspecified atom stereocenters. The number of carbonyl (C=O) groups is 1. The highest BCUT2D eigenvalue weighted by Gasteiger charge is 2.21. The summed E-state index contributed by atoms with van der Waals surface area (Å²) >= 11 is 0. The van der Waals surface area contributed by atoms with Crippen molar-refractivity contribution < 1.29 is 18.7 Å². The van der Waals surface area contributed by atoms with Crippen LogP contribution in [0.4, 0.5) is 5.69 Å². The van der Waals surface area contributed by atoms with E-state index in [-0.39, 0.29) is 5.97 Å². The molecule has 4 rings (SSSR count). The lowest BCUT2D eigenvalue weighted by Gasteiger charge is -2.32. The van der Waals surface area contributed by atoms with E-state index < -0.39 is 0 Å². The number of aromatic nitrogens is 1. The molecule has 32 heavy (non-hydrogen) atoms. The molecule has 6 nitrogen and oxygen atoms in total. The topological polar surface area (TPSA) is 64.8 Å². The summed E-state index contributed by atoms with van der Waals surface area (Å²) in [5.74, 6) is 2.23. The van der Waals surface area contributed by atoms with Crippen molar-refractivity contribution in [2.75, 3.05) is 31.2 Å². The van der Waals surface area contributed by atoms with Gasteiger partial charge < -0.3 is 18.8 Å². The summed E-state index contributed by atoms with van der Waals surface area (Å²) in [6, 6.07) is 16.1. The molecule has 0 bridgehead atoms. The number of anilines is 1. The predicted molar refractivity (Wildman–Crippen MR) is 124 cm³/mol. The number of nitrogens with zero attached hydrogens (tertiary/aromatic N) is 2. The Morgan fingerprint density at radius 1 is 1.16 bits per heavy atom. The van der Waals surface area contributed by atoms with Crippen molar-refractivity contribution in [1.29, 1.82) is 0 Å². The van der Waals surface area contributed by atoms with Crippen LogP contribution >= 0.6 is 0 Å². The molecule has 0 aliphatic carbocycles. The molecule has 168 valence electrons. The van der Waals surface area contributed by atoms with Crippen molar-refractivity contribution in [3.63, 3.8) is 0 Å². The Morgan fingerprint density at radius 3 is 2.81 bits per heavy atom. The maximum Gasteiger partial charge on any atom is 0.307 e. The number of hydrogen-bond donors (Lipinski definition) is 0. The van der Waals surface area contributed by atoms with E-state index in [1.165, 1.54) is 5.56 Å². The predicted octanol–water partition coefficient (Wildman–Crippen LogP) is 4.98. The number of hydrogen-bond acceptors (Lipinski definition) is 6. The van der Waals surface area contributed by atoms with Gasteiger partial charge in [0.15, 0.2) is 0 Å². The summed E-state index contributed by atoms with van der Waals surface area (Å²) in [7, 11) is 0. The lowest BCUT2D eigenvalue weighted by molar-refractivity contribution is -0.142. The van der Waals surface area contributed by atoms with Crippen LogP contribution in [0.2, 0.25) is 0 Å². The fourth-order valence-electron chi connectivity index (χ4n) is 4.12. The van der Waals surface area contributed by atoms with Crippen LogP contribution in [-0.2, 0) is 22.4 Å². The molecule has 6 heteroatoms. The average Bonchev–Trinajstić information content (AvgIpc) is 3.19. The van der Waals surface area contributed by atoms with Crippen molar-refractivity contribution in [2.24, 2.45) is 0 Å². The highest BCUT2D eigenvalue weighted by Crippen LogP contribution is 2.34. The zero-order valence-electron chi connectivity index (χ0n) is 18.8. The quantitative estimate of drug-likeness (QED) is 0.443. The third-order valence-corrected chi connectivity index (χ3v) is 5.70. The molecule has 1 aliphatic rings. The molecule has 0 amide bonds. The lowest BCUT2D eigenvalue weighted by Crippen LogP contribution is -2.32. The lowest BCUT2D eigenvalue weighted by atomic mass is 10.0. The Balaban J connectivity index is 1.39. The number of carbonyl (C=O) groups excluding carboxylic acids is 1. The largest absolute Gasteiger partial charge is 0.493 e. The van der Waals surface area contributed by atoms with Gasteiger partial charge in [0.25, 0.3) is 0 Å². The Morgan fingerprint density at radius 2 is 2.00 bits per heavy atom. The SMILES string of the molecule is CCOC(=O)CCN1CCCc2c(OCCc3nc(-c4ccccc4)oc3C)cccc21. The average molecular weight is 435 g/mol. The first-order valence-corrected chi connectivity index (χ1v) is 11.3. The van der Waals surface area contributed by atoms with E-state index in [1.807, 2.05) is 56.3 Å². The molecule has 0 saturated heterocycles. The van der Waals surface area contributed by atoms with Crippen LogP contribution in [0.1, 0.15) is 36.8 Å². The van der Waals surface area contributed by atoms with E-state index in [4.69, 9.17) is 13.9 Å². The number of benzene rings is 2. The molecule has 2 heterocycles. The van der Waals surface area contributed by atoms with Gasteiger partial charge in [-0.2, -0.15) is 0 Å². The minimum Gasteiger partial charge on any atom is -0.493 e. The Bertz CT molecular complexity index is 1050. The van der Waals surface area contributed by atoms with E-state index >= 15 is 0 Å². The Kier molecular flexibility index (Phi) is 7.10.